The minimum absolute atomic E-state index is 0.257. The number of amides is 1. The molecule has 0 aliphatic heterocycles. The van der Waals surface area contributed by atoms with Gasteiger partial charge in [-0.05, 0) is 55.5 Å². The summed E-state index contributed by atoms with van der Waals surface area (Å²) in [5.41, 5.74) is 2.12. The minimum Gasteiger partial charge on any atom is -0.341 e. The van der Waals surface area contributed by atoms with Crippen molar-refractivity contribution < 1.29 is 9.18 Å². The van der Waals surface area contributed by atoms with Gasteiger partial charge in [0.2, 0.25) is 0 Å². The number of rotatable bonds is 3. The number of nitrogens with one attached hydrogen (secondary N) is 2. The maximum Gasteiger partial charge on any atom is 0.277 e. The van der Waals surface area contributed by atoms with Crippen molar-refractivity contribution in [3.8, 4) is 11.4 Å². The second-order valence-corrected chi connectivity index (χ2v) is 5.77. The average Bonchev–Trinajstić information content (AvgIpc) is 3.04. The molecule has 1 aromatic carbocycles. The Balaban J connectivity index is 1.60. The number of carbonyl (C=O) groups excluding carboxylic acids is 1. The topological polar surface area (TPSA) is 83.6 Å². The van der Waals surface area contributed by atoms with E-state index in [1.807, 2.05) is 18.2 Å². The molecule has 0 unspecified atom stereocenters. The number of benzene rings is 1. The van der Waals surface area contributed by atoms with E-state index in [-0.39, 0.29) is 17.4 Å². The maximum atomic E-state index is 13.1. The Bertz CT molecular complexity index is 1100. The van der Waals surface area contributed by atoms with Crippen LogP contribution in [0.5, 0.6) is 0 Å². The summed E-state index contributed by atoms with van der Waals surface area (Å²) in [7, 11) is 0. The van der Waals surface area contributed by atoms with Crippen molar-refractivity contribution in [3.05, 3.63) is 71.9 Å². The number of fused-ring (bicyclic) bond motifs is 1. The Morgan fingerprint density at radius 3 is 2.69 bits per heavy atom. The first-order chi connectivity index (χ1) is 12.6. The van der Waals surface area contributed by atoms with Crippen molar-refractivity contribution in [3.63, 3.8) is 0 Å². The Kier molecular flexibility index (Phi) is 3.89. The largest absolute Gasteiger partial charge is 0.341 e. The van der Waals surface area contributed by atoms with Gasteiger partial charge in [0, 0.05) is 22.8 Å². The van der Waals surface area contributed by atoms with Crippen LogP contribution in [-0.4, -0.2) is 25.8 Å². The fourth-order valence-corrected chi connectivity index (χ4v) is 2.62. The Morgan fingerprint density at radius 1 is 1.08 bits per heavy atom. The average molecular weight is 347 g/mol. The van der Waals surface area contributed by atoms with Gasteiger partial charge in [0.1, 0.15) is 23.2 Å². The highest BCUT2D eigenvalue weighted by molar-refractivity contribution is 6.03. The van der Waals surface area contributed by atoms with Crippen LogP contribution in [0.15, 0.2) is 54.7 Å². The zero-order valence-electron chi connectivity index (χ0n) is 13.8. The van der Waals surface area contributed by atoms with E-state index in [1.165, 1.54) is 12.1 Å². The molecule has 3 heterocycles. The fraction of sp³-hybridized carbons (Fsp3) is 0.0526. The number of hydrogen-bond donors (Lipinski definition) is 2. The first kappa shape index (κ1) is 15.9. The van der Waals surface area contributed by atoms with Crippen LogP contribution in [-0.2, 0) is 0 Å². The van der Waals surface area contributed by atoms with E-state index in [4.69, 9.17) is 0 Å². The van der Waals surface area contributed by atoms with Gasteiger partial charge < -0.3 is 10.3 Å². The smallest absolute Gasteiger partial charge is 0.277 e. The molecular weight excluding hydrogens is 333 g/mol. The van der Waals surface area contributed by atoms with E-state index in [1.54, 1.807) is 31.3 Å². The monoisotopic (exact) mass is 347 g/mol. The van der Waals surface area contributed by atoms with E-state index in [0.29, 0.717) is 28.5 Å². The van der Waals surface area contributed by atoms with Crippen molar-refractivity contribution in [2.75, 3.05) is 5.32 Å². The van der Waals surface area contributed by atoms with Crippen molar-refractivity contribution in [2.24, 2.45) is 0 Å². The molecule has 1 amide bonds. The number of H-pyrrole nitrogens is 1. The second-order valence-electron chi connectivity index (χ2n) is 5.77. The van der Waals surface area contributed by atoms with Crippen molar-refractivity contribution >= 4 is 22.8 Å². The molecule has 0 atom stereocenters. The summed E-state index contributed by atoms with van der Waals surface area (Å²) < 4.78 is 13.1. The van der Waals surface area contributed by atoms with E-state index >= 15 is 0 Å². The molecule has 0 fully saturated rings. The summed E-state index contributed by atoms with van der Waals surface area (Å²) in [4.78, 5) is 28.4. The van der Waals surface area contributed by atoms with Gasteiger partial charge >= 0.3 is 0 Å². The van der Waals surface area contributed by atoms with E-state index in [2.05, 4.69) is 25.3 Å². The van der Waals surface area contributed by atoms with Gasteiger partial charge in [0.05, 0.1) is 0 Å². The molecule has 6 nitrogen and oxygen atoms in total. The van der Waals surface area contributed by atoms with Gasteiger partial charge in [-0.1, -0.05) is 0 Å². The zero-order chi connectivity index (χ0) is 18.1. The molecule has 0 aliphatic rings. The van der Waals surface area contributed by atoms with Crippen LogP contribution in [0.4, 0.5) is 10.2 Å². The van der Waals surface area contributed by atoms with Gasteiger partial charge in [0.25, 0.3) is 5.91 Å². The van der Waals surface area contributed by atoms with Gasteiger partial charge in [0.15, 0.2) is 5.65 Å². The van der Waals surface area contributed by atoms with Crippen LogP contribution in [0.1, 0.15) is 16.2 Å². The summed E-state index contributed by atoms with van der Waals surface area (Å²) in [6, 6.07) is 13.2. The summed E-state index contributed by atoms with van der Waals surface area (Å²) in [6.07, 6.45) is 1.65. The molecule has 0 radical (unpaired) electrons. The lowest BCUT2D eigenvalue weighted by atomic mass is 10.2. The molecule has 0 saturated heterocycles. The van der Waals surface area contributed by atoms with E-state index < -0.39 is 0 Å². The predicted octanol–water partition coefficient (Wildman–Crippen LogP) is 3.72. The number of imidazole rings is 1. The SMILES string of the molecule is Cc1[nH]c(-c2ccc(F)cc2)nc1C(=O)Nc1ccc2cccnc2n1. The molecular formula is C19H14FN5O. The number of aromatic nitrogens is 4. The fourth-order valence-electron chi connectivity index (χ4n) is 2.62. The Morgan fingerprint density at radius 2 is 1.88 bits per heavy atom. The standard InChI is InChI=1S/C19H14FN5O/c1-11-16(25-18(22-11)13-4-7-14(20)8-5-13)19(26)24-15-9-6-12-3-2-10-21-17(12)23-15/h2-10H,1H3,(H,22,25)(H,21,23,24,26). The van der Waals surface area contributed by atoms with Crippen molar-refractivity contribution in [1.82, 2.24) is 19.9 Å². The van der Waals surface area contributed by atoms with Crippen molar-refractivity contribution in [2.45, 2.75) is 6.92 Å². The second kappa shape index (κ2) is 6.36. The van der Waals surface area contributed by atoms with Gasteiger partial charge in [-0.25, -0.2) is 19.3 Å². The molecule has 128 valence electrons. The highest BCUT2D eigenvalue weighted by Crippen LogP contribution is 2.19. The van der Waals surface area contributed by atoms with E-state index in [0.717, 1.165) is 5.39 Å². The zero-order valence-corrected chi connectivity index (χ0v) is 13.8. The molecule has 0 bridgehead atoms. The number of carbonyl (C=O) groups is 1. The lowest BCUT2D eigenvalue weighted by Gasteiger charge is -2.04. The van der Waals surface area contributed by atoms with Crippen LogP contribution >= 0.6 is 0 Å². The highest BCUT2D eigenvalue weighted by atomic mass is 19.1. The normalized spacial score (nSPS) is 10.8. The first-order valence-electron chi connectivity index (χ1n) is 7.96. The number of aryl methyl sites for hydroxylation is 1. The van der Waals surface area contributed by atoms with Crippen LogP contribution < -0.4 is 5.32 Å². The molecule has 4 aromatic rings. The summed E-state index contributed by atoms with van der Waals surface area (Å²) in [6.45, 7) is 1.75. The molecule has 0 aliphatic carbocycles. The minimum atomic E-state index is -0.380. The Hall–Kier alpha value is -3.61. The lowest BCUT2D eigenvalue weighted by Crippen LogP contribution is -2.14. The maximum absolute atomic E-state index is 13.1. The molecule has 7 heteroatoms. The van der Waals surface area contributed by atoms with Gasteiger partial charge in [-0.3, -0.25) is 4.79 Å². The molecule has 4 rings (SSSR count). The number of pyridine rings is 2. The number of anilines is 1. The molecule has 0 saturated carbocycles. The third-order valence-corrected chi connectivity index (χ3v) is 3.92. The highest BCUT2D eigenvalue weighted by Gasteiger charge is 2.16. The summed E-state index contributed by atoms with van der Waals surface area (Å²) in [5, 5.41) is 3.62. The molecule has 3 aromatic heterocycles. The third-order valence-electron chi connectivity index (χ3n) is 3.92. The lowest BCUT2D eigenvalue weighted by molar-refractivity contribution is 0.102. The van der Waals surface area contributed by atoms with E-state index in [9.17, 15) is 9.18 Å². The van der Waals surface area contributed by atoms with Gasteiger partial charge in [-0.15, -0.1) is 0 Å². The van der Waals surface area contributed by atoms with Crippen LogP contribution in [0.25, 0.3) is 22.4 Å². The number of hydrogen-bond acceptors (Lipinski definition) is 4. The first-order valence-corrected chi connectivity index (χ1v) is 7.96. The predicted molar refractivity (Wildman–Crippen MR) is 96.2 cm³/mol. The van der Waals surface area contributed by atoms with Gasteiger partial charge in [-0.2, -0.15) is 0 Å². The van der Waals surface area contributed by atoms with Crippen molar-refractivity contribution in [1.29, 1.82) is 0 Å². The third kappa shape index (κ3) is 3.02. The Labute approximate surface area is 148 Å². The number of aromatic amines is 1. The van der Waals surface area contributed by atoms with Crippen LogP contribution in [0, 0.1) is 12.7 Å². The quantitative estimate of drug-likeness (QED) is 0.592. The summed E-state index contributed by atoms with van der Waals surface area (Å²) >= 11 is 0. The van der Waals surface area contributed by atoms with Crippen LogP contribution in [0.2, 0.25) is 0 Å². The molecule has 2 N–H and O–H groups in total. The number of nitrogens with zero attached hydrogens (tertiary/aromatic N) is 3. The number of halogens is 1. The molecule has 26 heavy (non-hydrogen) atoms. The summed E-state index contributed by atoms with van der Waals surface area (Å²) in [5.74, 6) is 0.189. The molecule has 0 spiro atoms. The van der Waals surface area contributed by atoms with Crippen LogP contribution in [0.3, 0.4) is 0 Å².